The minimum absolute atomic E-state index is 0.512. The Morgan fingerprint density at radius 3 is 2.47 bits per heavy atom. The Kier molecular flexibility index (Phi) is 3.73. The predicted molar refractivity (Wildman–Crippen MR) is 64.9 cm³/mol. The Hall–Kier alpha value is -0.610. The van der Waals surface area contributed by atoms with Crippen LogP contribution in [0.1, 0.15) is 32.6 Å². The normalized spacial score (nSPS) is 26.7. The van der Waals surface area contributed by atoms with Gasteiger partial charge in [-0.25, -0.2) is 0 Å². The first kappa shape index (κ1) is 12.8. The summed E-state index contributed by atoms with van der Waals surface area (Å²) in [5.41, 5.74) is -0.516. The van der Waals surface area contributed by atoms with Crippen molar-refractivity contribution in [1.29, 1.82) is 0 Å². The van der Waals surface area contributed by atoms with Crippen molar-refractivity contribution in [1.82, 2.24) is 4.90 Å². The summed E-state index contributed by atoms with van der Waals surface area (Å²) in [6, 6.07) is 0.512. The second kappa shape index (κ2) is 4.94. The number of nitrogens with zero attached hydrogens (tertiary/aromatic N) is 1. The average molecular weight is 241 g/mol. The number of ether oxygens (including phenoxy) is 1. The topological polar surface area (TPSA) is 49.8 Å². The number of aliphatic carboxylic acids is 1. The van der Waals surface area contributed by atoms with Crippen molar-refractivity contribution in [3.63, 3.8) is 0 Å². The SMILES string of the molecule is COCC(C1CC1)N1CCC(C)(C(=O)O)CC1. The first-order chi connectivity index (χ1) is 8.07. The van der Waals surface area contributed by atoms with Crippen LogP contribution in [-0.2, 0) is 9.53 Å². The molecule has 1 saturated heterocycles. The highest BCUT2D eigenvalue weighted by atomic mass is 16.5. The Morgan fingerprint density at radius 2 is 2.06 bits per heavy atom. The summed E-state index contributed by atoms with van der Waals surface area (Å²) in [5, 5.41) is 9.20. The molecule has 1 N–H and O–H groups in total. The van der Waals surface area contributed by atoms with Crippen LogP contribution in [0.2, 0.25) is 0 Å². The van der Waals surface area contributed by atoms with Crippen LogP contribution < -0.4 is 0 Å². The van der Waals surface area contributed by atoms with Gasteiger partial charge in [0.05, 0.1) is 12.0 Å². The lowest BCUT2D eigenvalue weighted by atomic mass is 9.80. The van der Waals surface area contributed by atoms with Gasteiger partial charge in [0.1, 0.15) is 0 Å². The fourth-order valence-corrected chi connectivity index (χ4v) is 2.75. The molecule has 0 aromatic heterocycles. The molecule has 0 bridgehead atoms. The Balaban J connectivity index is 1.90. The number of carboxylic acid groups (broad SMARTS) is 1. The highest BCUT2D eigenvalue weighted by Crippen LogP contribution is 2.39. The fourth-order valence-electron chi connectivity index (χ4n) is 2.75. The molecule has 0 aromatic carbocycles. The molecule has 4 nitrogen and oxygen atoms in total. The van der Waals surface area contributed by atoms with Gasteiger partial charge < -0.3 is 9.84 Å². The second-order valence-corrected chi connectivity index (χ2v) is 5.76. The number of methoxy groups -OCH3 is 1. The van der Waals surface area contributed by atoms with E-state index in [2.05, 4.69) is 4.90 Å². The van der Waals surface area contributed by atoms with Crippen LogP contribution >= 0.6 is 0 Å². The molecule has 0 amide bonds. The maximum Gasteiger partial charge on any atom is 0.309 e. The van der Waals surface area contributed by atoms with Crippen LogP contribution in [0.4, 0.5) is 0 Å². The summed E-state index contributed by atoms with van der Waals surface area (Å²) < 4.78 is 5.30. The number of hydrogen-bond acceptors (Lipinski definition) is 3. The van der Waals surface area contributed by atoms with Gasteiger partial charge in [-0.3, -0.25) is 9.69 Å². The maximum absolute atomic E-state index is 11.2. The van der Waals surface area contributed by atoms with E-state index >= 15 is 0 Å². The summed E-state index contributed by atoms with van der Waals surface area (Å²) in [7, 11) is 1.75. The minimum Gasteiger partial charge on any atom is -0.481 e. The van der Waals surface area contributed by atoms with Gasteiger partial charge in [-0.1, -0.05) is 0 Å². The van der Waals surface area contributed by atoms with E-state index in [9.17, 15) is 9.90 Å². The fraction of sp³-hybridized carbons (Fsp3) is 0.923. The summed E-state index contributed by atoms with van der Waals surface area (Å²) in [6.45, 7) is 4.45. The molecule has 0 aromatic rings. The minimum atomic E-state index is -0.646. The van der Waals surface area contributed by atoms with E-state index in [1.807, 2.05) is 6.92 Å². The molecule has 2 fully saturated rings. The van der Waals surface area contributed by atoms with E-state index in [4.69, 9.17) is 4.74 Å². The van der Waals surface area contributed by atoms with Crippen LogP contribution in [0, 0.1) is 11.3 Å². The van der Waals surface area contributed by atoms with Gasteiger partial charge >= 0.3 is 5.97 Å². The molecule has 1 aliphatic heterocycles. The van der Waals surface area contributed by atoms with E-state index in [0.29, 0.717) is 6.04 Å². The zero-order valence-electron chi connectivity index (χ0n) is 10.8. The zero-order chi connectivity index (χ0) is 12.5. The van der Waals surface area contributed by atoms with E-state index < -0.39 is 11.4 Å². The van der Waals surface area contributed by atoms with Gasteiger partial charge in [-0.15, -0.1) is 0 Å². The lowest BCUT2D eigenvalue weighted by Crippen LogP contribution is -2.49. The predicted octanol–water partition coefficient (Wildman–Crippen LogP) is 1.60. The Labute approximate surface area is 103 Å². The lowest BCUT2D eigenvalue weighted by molar-refractivity contribution is -0.151. The molecule has 1 heterocycles. The van der Waals surface area contributed by atoms with Crippen molar-refractivity contribution in [2.75, 3.05) is 26.8 Å². The van der Waals surface area contributed by atoms with Crippen molar-refractivity contribution in [2.24, 2.45) is 11.3 Å². The molecular formula is C13H23NO3. The van der Waals surface area contributed by atoms with Gasteiger partial charge in [-0.05, 0) is 51.6 Å². The van der Waals surface area contributed by atoms with Crippen LogP contribution in [0.5, 0.6) is 0 Å². The van der Waals surface area contributed by atoms with Crippen LogP contribution in [0.3, 0.4) is 0 Å². The van der Waals surface area contributed by atoms with Crippen molar-refractivity contribution in [3.8, 4) is 0 Å². The van der Waals surface area contributed by atoms with Gasteiger partial charge in [0.2, 0.25) is 0 Å². The summed E-state index contributed by atoms with van der Waals surface area (Å²) in [6.07, 6.45) is 4.13. The molecule has 1 unspecified atom stereocenters. The monoisotopic (exact) mass is 241 g/mol. The lowest BCUT2D eigenvalue weighted by Gasteiger charge is -2.40. The summed E-state index contributed by atoms with van der Waals surface area (Å²) in [4.78, 5) is 13.6. The number of likely N-dealkylation sites (tertiary alicyclic amines) is 1. The van der Waals surface area contributed by atoms with Gasteiger partial charge in [0.25, 0.3) is 0 Å². The van der Waals surface area contributed by atoms with Crippen molar-refractivity contribution in [3.05, 3.63) is 0 Å². The molecule has 0 radical (unpaired) electrons. The Morgan fingerprint density at radius 1 is 1.47 bits per heavy atom. The number of carboxylic acids is 1. The number of rotatable bonds is 5. The highest BCUT2D eigenvalue weighted by Gasteiger charge is 2.41. The second-order valence-electron chi connectivity index (χ2n) is 5.76. The summed E-state index contributed by atoms with van der Waals surface area (Å²) in [5.74, 6) is 0.135. The molecular weight excluding hydrogens is 218 g/mol. The van der Waals surface area contributed by atoms with E-state index in [1.54, 1.807) is 7.11 Å². The first-order valence-electron chi connectivity index (χ1n) is 6.53. The van der Waals surface area contributed by atoms with E-state index in [1.165, 1.54) is 12.8 Å². The quantitative estimate of drug-likeness (QED) is 0.794. The summed E-state index contributed by atoms with van der Waals surface area (Å²) >= 11 is 0. The third kappa shape index (κ3) is 2.80. The number of piperidine rings is 1. The third-order valence-electron chi connectivity index (χ3n) is 4.39. The maximum atomic E-state index is 11.2. The average Bonchev–Trinajstić information content (AvgIpc) is 3.11. The molecule has 0 spiro atoms. The molecule has 4 heteroatoms. The van der Waals surface area contributed by atoms with Gasteiger partial charge in [-0.2, -0.15) is 0 Å². The smallest absolute Gasteiger partial charge is 0.309 e. The number of hydrogen-bond donors (Lipinski definition) is 1. The zero-order valence-corrected chi connectivity index (χ0v) is 10.8. The van der Waals surface area contributed by atoms with Gasteiger partial charge in [0, 0.05) is 13.2 Å². The third-order valence-corrected chi connectivity index (χ3v) is 4.39. The molecule has 2 aliphatic rings. The number of carbonyl (C=O) groups is 1. The van der Waals surface area contributed by atoms with Crippen molar-refractivity contribution in [2.45, 2.75) is 38.6 Å². The van der Waals surface area contributed by atoms with Crippen molar-refractivity contribution >= 4 is 5.97 Å². The molecule has 1 saturated carbocycles. The Bertz CT molecular complexity index is 280. The van der Waals surface area contributed by atoms with Crippen molar-refractivity contribution < 1.29 is 14.6 Å². The molecule has 2 rings (SSSR count). The van der Waals surface area contributed by atoms with Crippen LogP contribution in [0.25, 0.3) is 0 Å². The molecule has 98 valence electrons. The molecule has 17 heavy (non-hydrogen) atoms. The van der Waals surface area contributed by atoms with E-state index in [-0.39, 0.29) is 0 Å². The largest absolute Gasteiger partial charge is 0.481 e. The van der Waals surface area contributed by atoms with Gasteiger partial charge in [0.15, 0.2) is 0 Å². The molecule has 1 aliphatic carbocycles. The standard InChI is InChI=1S/C13H23NO3/c1-13(12(15)16)5-7-14(8-6-13)11(9-17-2)10-3-4-10/h10-11H,3-9H2,1-2H3,(H,15,16). The highest BCUT2D eigenvalue weighted by molar-refractivity contribution is 5.74. The van der Waals surface area contributed by atoms with E-state index in [0.717, 1.165) is 38.5 Å². The first-order valence-corrected chi connectivity index (χ1v) is 6.53. The van der Waals surface area contributed by atoms with Crippen LogP contribution in [-0.4, -0.2) is 48.8 Å². The van der Waals surface area contributed by atoms with Crippen LogP contribution in [0.15, 0.2) is 0 Å². The molecule has 1 atom stereocenters.